The van der Waals surface area contributed by atoms with Gasteiger partial charge in [0.25, 0.3) is 0 Å². The molecule has 0 aliphatic heterocycles. The van der Waals surface area contributed by atoms with E-state index in [0.717, 1.165) is 12.1 Å². The van der Waals surface area contributed by atoms with E-state index in [-0.39, 0.29) is 11.4 Å². The van der Waals surface area contributed by atoms with Crippen molar-refractivity contribution in [2.24, 2.45) is 0 Å². The first-order chi connectivity index (χ1) is 7.96. The zero-order chi connectivity index (χ0) is 12.9. The molecule has 96 valence electrons. The number of halogens is 3. The first-order valence-corrected chi connectivity index (χ1v) is 7.15. The lowest BCUT2D eigenvalue weighted by Gasteiger charge is -2.08. The summed E-state index contributed by atoms with van der Waals surface area (Å²) in [5.41, 5.74) is -0.379. The third-order valence-electron chi connectivity index (χ3n) is 2.01. The van der Waals surface area contributed by atoms with Crippen molar-refractivity contribution in [2.45, 2.75) is 12.8 Å². The Morgan fingerprint density at radius 3 is 2.59 bits per heavy atom. The van der Waals surface area contributed by atoms with Gasteiger partial charge in [-0.15, -0.1) is 11.6 Å². The Bertz CT molecular complexity index is 479. The van der Waals surface area contributed by atoms with Gasteiger partial charge in [-0.1, -0.05) is 6.07 Å². The largest absolute Gasteiger partial charge is 0.280 e. The molecule has 0 fully saturated rings. The minimum atomic E-state index is -3.66. The van der Waals surface area contributed by atoms with Crippen molar-refractivity contribution in [2.75, 3.05) is 16.4 Å². The Labute approximate surface area is 104 Å². The summed E-state index contributed by atoms with van der Waals surface area (Å²) in [6, 6.07) is 3.31. The maximum Gasteiger partial charge on any atom is 0.232 e. The average molecular weight is 284 g/mol. The lowest BCUT2D eigenvalue weighted by atomic mass is 10.3. The van der Waals surface area contributed by atoms with E-state index in [1.807, 2.05) is 4.72 Å². The molecule has 0 radical (unpaired) electrons. The fourth-order valence-corrected chi connectivity index (χ4v) is 2.56. The third kappa shape index (κ3) is 4.47. The van der Waals surface area contributed by atoms with Gasteiger partial charge in [-0.3, -0.25) is 4.72 Å². The van der Waals surface area contributed by atoms with Crippen LogP contribution in [0.3, 0.4) is 0 Å². The molecule has 1 aromatic rings. The molecular formula is C10H12ClF2NO2S. The van der Waals surface area contributed by atoms with Gasteiger partial charge in [-0.25, -0.2) is 17.2 Å². The van der Waals surface area contributed by atoms with Crippen LogP contribution in [0.25, 0.3) is 0 Å². The summed E-state index contributed by atoms with van der Waals surface area (Å²) < 4.78 is 51.0. The number of anilines is 1. The summed E-state index contributed by atoms with van der Waals surface area (Å²) >= 11 is 5.41. The van der Waals surface area contributed by atoms with Crippen LogP contribution in [-0.2, 0) is 10.0 Å². The molecule has 1 aromatic carbocycles. The smallest absolute Gasteiger partial charge is 0.232 e. The monoisotopic (exact) mass is 283 g/mol. The number of alkyl halides is 1. The molecule has 0 spiro atoms. The second kappa shape index (κ2) is 6.16. The Morgan fingerprint density at radius 2 is 1.94 bits per heavy atom. The van der Waals surface area contributed by atoms with Gasteiger partial charge >= 0.3 is 0 Å². The molecule has 1 N–H and O–H groups in total. The summed E-state index contributed by atoms with van der Waals surface area (Å²) in [6.07, 6.45) is 0.921. The Hall–Kier alpha value is -0.880. The minimum absolute atomic E-state index is 0.171. The average Bonchev–Trinajstić information content (AvgIpc) is 2.25. The molecule has 1 rings (SSSR count). The lowest BCUT2D eigenvalue weighted by molar-refractivity contribution is 0.511. The van der Waals surface area contributed by atoms with Crippen molar-refractivity contribution in [1.29, 1.82) is 0 Å². The van der Waals surface area contributed by atoms with Crippen molar-refractivity contribution in [3.63, 3.8) is 0 Å². The molecule has 0 unspecified atom stereocenters. The number of hydrogen-bond donors (Lipinski definition) is 1. The molecule has 7 heteroatoms. The van der Waals surface area contributed by atoms with Crippen LogP contribution in [-0.4, -0.2) is 20.1 Å². The van der Waals surface area contributed by atoms with Gasteiger partial charge in [-0.05, 0) is 25.0 Å². The summed E-state index contributed by atoms with van der Waals surface area (Å²) in [6.45, 7) is 0. The minimum Gasteiger partial charge on any atom is -0.280 e. The van der Waals surface area contributed by atoms with E-state index in [1.54, 1.807) is 0 Å². The molecule has 0 aliphatic rings. The standard InChI is InChI=1S/C10H12ClF2NO2S/c11-6-1-2-7-17(15,16)14-9-5-3-4-8(12)10(9)13/h3-5,14H,1-2,6-7H2. The third-order valence-corrected chi connectivity index (χ3v) is 3.64. The van der Waals surface area contributed by atoms with Gasteiger partial charge in [0.2, 0.25) is 10.0 Å². The fourth-order valence-electron chi connectivity index (χ4n) is 1.19. The van der Waals surface area contributed by atoms with E-state index in [4.69, 9.17) is 11.6 Å². The number of unbranched alkanes of at least 4 members (excludes halogenated alkanes) is 1. The zero-order valence-corrected chi connectivity index (χ0v) is 10.5. The zero-order valence-electron chi connectivity index (χ0n) is 8.92. The maximum atomic E-state index is 13.2. The fraction of sp³-hybridized carbons (Fsp3) is 0.400. The number of benzene rings is 1. The van der Waals surface area contributed by atoms with Crippen LogP contribution in [0.5, 0.6) is 0 Å². The summed E-state index contributed by atoms with van der Waals surface area (Å²) in [7, 11) is -3.66. The Kier molecular flexibility index (Phi) is 5.14. The van der Waals surface area contributed by atoms with Gasteiger partial charge < -0.3 is 0 Å². The predicted octanol–water partition coefficient (Wildman–Crippen LogP) is 2.73. The maximum absolute atomic E-state index is 13.2. The van der Waals surface area contributed by atoms with Crippen LogP contribution in [0.1, 0.15) is 12.8 Å². The number of sulfonamides is 1. The van der Waals surface area contributed by atoms with E-state index in [0.29, 0.717) is 18.7 Å². The van der Waals surface area contributed by atoms with Gasteiger partial charge in [0, 0.05) is 5.88 Å². The van der Waals surface area contributed by atoms with Gasteiger partial charge in [0.15, 0.2) is 11.6 Å². The number of nitrogens with one attached hydrogen (secondary N) is 1. The highest BCUT2D eigenvalue weighted by Crippen LogP contribution is 2.18. The second-order valence-corrected chi connectivity index (χ2v) is 5.64. The molecule has 0 saturated carbocycles. The van der Waals surface area contributed by atoms with Crippen molar-refractivity contribution < 1.29 is 17.2 Å². The molecule has 0 heterocycles. The van der Waals surface area contributed by atoms with E-state index in [2.05, 4.69) is 0 Å². The molecule has 0 aliphatic carbocycles. The van der Waals surface area contributed by atoms with Crippen LogP contribution in [0.2, 0.25) is 0 Å². The van der Waals surface area contributed by atoms with Gasteiger partial charge in [-0.2, -0.15) is 0 Å². The quantitative estimate of drug-likeness (QED) is 0.644. The first kappa shape index (κ1) is 14.2. The van der Waals surface area contributed by atoms with Crippen LogP contribution in [0.15, 0.2) is 18.2 Å². The summed E-state index contributed by atoms with van der Waals surface area (Å²) in [5, 5.41) is 0. The lowest BCUT2D eigenvalue weighted by Crippen LogP contribution is -2.17. The van der Waals surface area contributed by atoms with Gasteiger partial charge in [0.05, 0.1) is 11.4 Å². The Morgan fingerprint density at radius 1 is 1.24 bits per heavy atom. The van der Waals surface area contributed by atoms with Crippen molar-refractivity contribution >= 4 is 27.3 Å². The molecule has 0 aromatic heterocycles. The molecular weight excluding hydrogens is 272 g/mol. The summed E-state index contributed by atoms with van der Waals surface area (Å²) in [5.74, 6) is -2.10. The van der Waals surface area contributed by atoms with E-state index >= 15 is 0 Å². The second-order valence-electron chi connectivity index (χ2n) is 3.42. The van der Waals surface area contributed by atoms with Crippen molar-refractivity contribution in [3.05, 3.63) is 29.8 Å². The highest BCUT2D eigenvalue weighted by Gasteiger charge is 2.14. The van der Waals surface area contributed by atoms with E-state index in [1.165, 1.54) is 6.07 Å². The molecule has 0 saturated heterocycles. The normalized spacial score (nSPS) is 11.5. The highest BCUT2D eigenvalue weighted by atomic mass is 35.5. The predicted molar refractivity (Wildman–Crippen MR) is 63.7 cm³/mol. The van der Waals surface area contributed by atoms with Crippen LogP contribution in [0, 0.1) is 11.6 Å². The molecule has 0 atom stereocenters. The Balaban J connectivity index is 2.73. The number of hydrogen-bond acceptors (Lipinski definition) is 2. The van der Waals surface area contributed by atoms with Gasteiger partial charge in [0.1, 0.15) is 0 Å². The molecule has 0 bridgehead atoms. The topological polar surface area (TPSA) is 46.2 Å². The van der Waals surface area contributed by atoms with Crippen LogP contribution >= 0.6 is 11.6 Å². The summed E-state index contributed by atoms with van der Waals surface area (Å²) in [4.78, 5) is 0. The van der Waals surface area contributed by atoms with Crippen LogP contribution < -0.4 is 4.72 Å². The number of rotatable bonds is 6. The SMILES string of the molecule is O=S(=O)(CCCCCl)Nc1cccc(F)c1F. The highest BCUT2D eigenvalue weighted by molar-refractivity contribution is 7.92. The first-order valence-electron chi connectivity index (χ1n) is 4.97. The van der Waals surface area contributed by atoms with E-state index in [9.17, 15) is 17.2 Å². The van der Waals surface area contributed by atoms with Crippen LogP contribution in [0.4, 0.5) is 14.5 Å². The van der Waals surface area contributed by atoms with E-state index < -0.39 is 21.7 Å². The van der Waals surface area contributed by atoms with Crippen molar-refractivity contribution in [3.8, 4) is 0 Å². The van der Waals surface area contributed by atoms with Crippen molar-refractivity contribution in [1.82, 2.24) is 0 Å². The molecule has 0 amide bonds. The molecule has 17 heavy (non-hydrogen) atoms. The molecule has 3 nitrogen and oxygen atoms in total.